The fraction of sp³-hybridized carbons (Fsp3) is 0.250. The molecule has 5 heteroatoms. The standard InChI is InChI=1S/C4H6N2OS.ClH/c5-4-6-3(1-7)2-8-4;/h2,7H,1H2,(H2,5,6);1H. The van der Waals surface area contributed by atoms with Gasteiger partial charge in [-0.25, -0.2) is 4.98 Å². The number of anilines is 1. The van der Waals surface area contributed by atoms with Crippen LogP contribution in [0.3, 0.4) is 0 Å². The van der Waals surface area contributed by atoms with Crippen LogP contribution in [0.15, 0.2) is 5.38 Å². The van der Waals surface area contributed by atoms with E-state index in [1.54, 1.807) is 5.38 Å². The third kappa shape index (κ3) is 2.17. The molecule has 0 fully saturated rings. The Morgan fingerprint density at radius 1 is 1.78 bits per heavy atom. The van der Waals surface area contributed by atoms with E-state index >= 15 is 0 Å². The normalized spacial score (nSPS) is 8.56. The van der Waals surface area contributed by atoms with Gasteiger partial charge in [-0.1, -0.05) is 0 Å². The van der Waals surface area contributed by atoms with Crippen LogP contribution in [0.5, 0.6) is 0 Å². The van der Waals surface area contributed by atoms with Crippen LogP contribution in [-0.2, 0) is 6.61 Å². The maximum atomic E-state index is 8.44. The second kappa shape index (κ2) is 3.66. The van der Waals surface area contributed by atoms with Crippen LogP contribution in [0.2, 0.25) is 0 Å². The van der Waals surface area contributed by atoms with Crippen LogP contribution in [0.25, 0.3) is 0 Å². The van der Waals surface area contributed by atoms with Crippen LogP contribution >= 0.6 is 23.7 Å². The zero-order valence-electron chi connectivity index (χ0n) is 4.57. The number of aromatic nitrogens is 1. The van der Waals surface area contributed by atoms with Gasteiger partial charge in [-0.15, -0.1) is 23.7 Å². The summed E-state index contributed by atoms with van der Waals surface area (Å²) >= 11 is 1.34. The van der Waals surface area contributed by atoms with Crippen LogP contribution in [0.4, 0.5) is 5.13 Å². The molecule has 3 nitrogen and oxygen atoms in total. The molecule has 9 heavy (non-hydrogen) atoms. The molecule has 1 rings (SSSR count). The van der Waals surface area contributed by atoms with Gasteiger partial charge in [0.15, 0.2) is 5.13 Å². The van der Waals surface area contributed by atoms with Crippen LogP contribution < -0.4 is 5.73 Å². The molecule has 0 spiro atoms. The van der Waals surface area contributed by atoms with Crippen molar-refractivity contribution in [2.45, 2.75) is 6.61 Å². The quantitative estimate of drug-likeness (QED) is 0.644. The van der Waals surface area contributed by atoms with Gasteiger partial charge in [-0.3, -0.25) is 0 Å². The first-order valence-electron chi connectivity index (χ1n) is 2.13. The zero-order valence-corrected chi connectivity index (χ0v) is 6.21. The third-order valence-electron chi connectivity index (χ3n) is 0.732. The van der Waals surface area contributed by atoms with Gasteiger partial charge < -0.3 is 10.8 Å². The number of aliphatic hydroxyl groups excluding tert-OH is 1. The summed E-state index contributed by atoms with van der Waals surface area (Å²) in [5, 5.41) is 10.7. The Morgan fingerprint density at radius 3 is 2.67 bits per heavy atom. The van der Waals surface area contributed by atoms with Gasteiger partial charge in [-0.05, 0) is 0 Å². The van der Waals surface area contributed by atoms with E-state index in [9.17, 15) is 0 Å². The van der Waals surface area contributed by atoms with E-state index in [0.717, 1.165) is 0 Å². The molecular formula is C4H7ClN2OS. The minimum Gasteiger partial charge on any atom is -0.390 e. The highest BCUT2D eigenvalue weighted by Crippen LogP contribution is 2.09. The highest BCUT2D eigenvalue weighted by atomic mass is 35.5. The Labute approximate surface area is 62.9 Å². The number of hydrogen-bond donors (Lipinski definition) is 2. The van der Waals surface area contributed by atoms with E-state index in [0.29, 0.717) is 10.8 Å². The van der Waals surface area contributed by atoms with E-state index in [-0.39, 0.29) is 19.0 Å². The first-order chi connectivity index (χ1) is 3.83. The van der Waals surface area contributed by atoms with Crippen molar-refractivity contribution in [3.63, 3.8) is 0 Å². The molecule has 0 saturated carbocycles. The van der Waals surface area contributed by atoms with Gasteiger partial charge >= 0.3 is 0 Å². The van der Waals surface area contributed by atoms with Crippen molar-refractivity contribution >= 4 is 28.9 Å². The molecule has 0 aliphatic rings. The van der Waals surface area contributed by atoms with Gasteiger partial charge in [0.2, 0.25) is 0 Å². The van der Waals surface area contributed by atoms with Crippen molar-refractivity contribution < 1.29 is 5.11 Å². The van der Waals surface area contributed by atoms with Crippen molar-refractivity contribution in [3.8, 4) is 0 Å². The number of halogens is 1. The molecule has 0 aromatic carbocycles. The molecule has 1 aromatic heterocycles. The number of hydrogen-bond acceptors (Lipinski definition) is 4. The van der Waals surface area contributed by atoms with Crippen molar-refractivity contribution in [1.82, 2.24) is 4.98 Å². The highest BCUT2D eigenvalue weighted by Gasteiger charge is 1.92. The predicted molar refractivity (Wildman–Crippen MR) is 39.7 cm³/mol. The average Bonchev–Trinajstić information content (AvgIpc) is 2.14. The Balaban J connectivity index is 0.000000640. The number of nitrogen functional groups attached to an aromatic ring is 1. The van der Waals surface area contributed by atoms with E-state index in [1.165, 1.54) is 11.3 Å². The predicted octanol–water partition coefficient (Wildman–Crippen LogP) is 0.639. The monoisotopic (exact) mass is 166 g/mol. The number of thiazole rings is 1. The lowest BCUT2D eigenvalue weighted by Gasteiger charge is -1.79. The molecular weight excluding hydrogens is 160 g/mol. The second-order valence-corrected chi connectivity index (χ2v) is 2.22. The minimum absolute atomic E-state index is 0. The molecule has 0 saturated heterocycles. The van der Waals surface area contributed by atoms with Crippen LogP contribution in [0.1, 0.15) is 5.69 Å². The lowest BCUT2D eigenvalue weighted by Crippen LogP contribution is -1.84. The molecule has 0 unspecified atom stereocenters. The lowest BCUT2D eigenvalue weighted by molar-refractivity contribution is 0.278. The maximum absolute atomic E-state index is 8.44. The minimum atomic E-state index is -0.0201. The number of nitrogens with two attached hydrogens (primary N) is 1. The van der Waals surface area contributed by atoms with Crippen LogP contribution in [-0.4, -0.2) is 10.1 Å². The summed E-state index contributed by atoms with van der Waals surface area (Å²) in [5.74, 6) is 0. The molecule has 0 atom stereocenters. The fourth-order valence-electron chi connectivity index (χ4n) is 0.395. The Hall–Kier alpha value is -0.320. The first kappa shape index (κ1) is 8.68. The molecule has 0 aliphatic heterocycles. The fourth-order valence-corrected chi connectivity index (χ4v) is 0.949. The molecule has 0 bridgehead atoms. The summed E-state index contributed by atoms with van der Waals surface area (Å²) in [6.07, 6.45) is 0. The smallest absolute Gasteiger partial charge is 0.180 e. The third-order valence-corrected chi connectivity index (χ3v) is 1.45. The van der Waals surface area contributed by atoms with E-state index in [4.69, 9.17) is 10.8 Å². The van der Waals surface area contributed by atoms with Gasteiger partial charge in [-0.2, -0.15) is 0 Å². The van der Waals surface area contributed by atoms with Crippen molar-refractivity contribution in [1.29, 1.82) is 0 Å². The van der Waals surface area contributed by atoms with Crippen LogP contribution in [0, 0.1) is 0 Å². The SMILES string of the molecule is Cl.Nc1nc(CO)cs1. The molecule has 0 radical (unpaired) electrons. The summed E-state index contributed by atoms with van der Waals surface area (Å²) in [4.78, 5) is 3.78. The molecule has 1 heterocycles. The lowest BCUT2D eigenvalue weighted by atomic mass is 10.5. The largest absolute Gasteiger partial charge is 0.390 e. The zero-order chi connectivity index (χ0) is 5.98. The summed E-state index contributed by atoms with van der Waals surface area (Å²) in [6.45, 7) is -0.0201. The second-order valence-electron chi connectivity index (χ2n) is 1.34. The summed E-state index contributed by atoms with van der Waals surface area (Å²) in [6, 6.07) is 0. The van der Waals surface area contributed by atoms with Gasteiger partial charge in [0.25, 0.3) is 0 Å². The average molecular weight is 167 g/mol. The van der Waals surface area contributed by atoms with Gasteiger partial charge in [0.1, 0.15) is 0 Å². The molecule has 52 valence electrons. The van der Waals surface area contributed by atoms with E-state index in [1.807, 2.05) is 0 Å². The molecule has 3 N–H and O–H groups in total. The maximum Gasteiger partial charge on any atom is 0.180 e. The number of rotatable bonds is 1. The van der Waals surface area contributed by atoms with E-state index in [2.05, 4.69) is 4.98 Å². The Kier molecular flexibility index (Phi) is 3.53. The van der Waals surface area contributed by atoms with Gasteiger partial charge in [0, 0.05) is 5.38 Å². The van der Waals surface area contributed by atoms with Crippen molar-refractivity contribution in [3.05, 3.63) is 11.1 Å². The van der Waals surface area contributed by atoms with Gasteiger partial charge in [0.05, 0.1) is 12.3 Å². The number of nitrogens with zero attached hydrogens (tertiary/aromatic N) is 1. The molecule has 0 aliphatic carbocycles. The highest BCUT2D eigenvalue weighted by molar-refractivity contribution is 7.13. The Morgan fingerprint density at radius 2 is 2.44 bits per heavy atom. The van der Waals surface area contributed by atoms with Crippen molar-refractivity contribution in [2.24, 2.45) is 0 Å². The summed E-state index contributed by atoms with van der Waals surface area (Å²) in [7, 11) is 0. The molecule has 1 aromatic rings. The topological polar surface area (TPSA) is 59.1 Å². The molecule has 0 amide bonds. The van der Waals surface area contributed by atoms with Crippen molar-refractivity contribution in [2.75, 3.05) is 5.73 Å². The van der Waals surface area contributed by atoms with E-state index < -0.39 is 0 Å². The first-order valence-corrected chi connectivity index (χ1v) is 3.01. The summed E-state index contributed by atoms with van der Waals surface area (Å²) < 4.78 is 0. The number of aliphatic hydroxyl groups is 1. The Bertz CT molecular complexity index is 179. The summed E-state index contributed by atoms with van der Waals surface area (Å²) in [5.41, 5.74) is 5.90.